The molecule has 0 amide bonds. The van der Waals surface area contributed by atoms with Crippen LogP contribution < -0.4 is 14.8 Å². The van der Waals surface area contributed by atoms with Gasteiger partial charge in [-0.25, -0.2) is 4.79 Å². The van der Waals surface area contributed by atoms with E-state index in [1.807, 2.05) is 94.4 Å². The maximum Gasteiger partial charge on any atom is 0.338 e. The number of β-amino-alcohol motifs (C(OH)–C–C–N with tert-alkyl or cyclic N) is 1. The highest BCUT2D eigenvalue weighted by Crippen LogP contribution is 2.36. The number of carbonyl (C=O) groups excluding carboxylic acids is 2. The van der Waals surface area contributed by atoms with Gasteiger partial charge in [0.15, 0.2) is 11.5 Å². The number of ether oxygens (including phenoxy) is 5. The Bertz CT molecular complexity index is 1370. The molecule has 3 aromatic rings. The first-order valence-corrected chi connectivity index (χ1v) is 15.5. The van der Waals surface area contributed by atoms with Crippen LogP contribution in [-0.4, -0.2) is 61.7 Å². The summed E-state index contributed by atoms with van der Waals surface area (Å²) < 4.78 is 28.7. The number of aliphatic hydroxyl groups excluding tert-OH is 1. The Labute approximate surface area is 265 Å². The molecule has 0 saturated carbocycles. The smallest absolute Gasteiger partial charge is 0.338 e. The van der Waals surface area contributed by atoms with Crippen LogP contribution in [0.3, 0.4) is 0 Å². The van der Waals surface area contributed by atoms with Gasteiger partial charge in [0.1, 0.15) is 32.5 Å². The molecule has 3 aromatic carbocycles. The molecule has 2 N–H and O–H groups in total. The summed E-state index contributed by atoms with van der Waals surface area (Å²) in [6.45, 7) is 9.38. The minimum atomic E-state index is -0.975. The van der Waals surface area contributed by atoms with Gasteiger partial charge in [-0.1, -0.05) is 74.5 Å². The topological polar surface area (TPSA) is 113 Å². The highest BCUT2D eigenvalue weighted by atomic mass is 16.5. The van der Waals surface area contributed by atoms with Crippen LogP contribution in [0.1, 0.15) is 67.1 Å². The van der Waals surface area contributed by atoms with Gasteiger partial charge < -0.3 is 34.1 Å². The lowest BCUT2D eigenvalue weighted by molar-refractivity contribution is -0.150. The van der Waals surface area contributed by atoms with E-state index in [2.05, 4.69) is 5.32 Å². The van der Waals surface area contributed by atoms with E-state index >= 15 is 0 Å². The van der Waals surface area contributed by atoms with Crippen molar-refractivity contribution in [2.75, 3.05) is 33.0 Å². The number of benzene rings is 3. The Morgan fingerprint density at radius 2 is 1.53 bits per heavy atom. The fraction of sp³-hybridized carbons (Fsp3) is 0.444. The molecule has 1 saturated heterocycles. The molecule has 0 bridgehead atoms. The molecule has 1 heterocycles. The van der Waals surface area contributed by atoms with Gasteiger partial charge in [0, 0.05) is 18.7 Å². The van der Waals surface area contributed by atoms with Crippen molar-refractivity contribution in [3.05, 3.63) is 95.1 Å². The first-order valence-electron chi connectivity index (χ1n) is 15.5. The van der Waals surface area contributed by atoms with Crippen LogP contribution in [0.25, 0.3) is 0 Å². The van der Waals surface area contributed by atoms with Gasteiger partial charge in [0.25, 0.3) is 0 Å². The number of aliphatic hydroxyl groups is 1. The molecule has 1 unspecified atom stereocenters. The highest BCUT2D eigenvalue weighted by molar-refractivity contribution is 5.92. The fourth-order valence-electron chi connectivity index (χ4n) is 4.77. The van der Waals surface area contributed by atoms with Crippen molar-refractivity contribution in [1.29, 1.82) is 0 Å². The zero-order chi connectivity index (χ0) is 32.2. The summed E-state index contributed by atoms with van der Waals surface area (Å²) >= 11 is 0. The Morgan fingerprint density at radius 1 is 0.933 bits per heavy atom. The van der Waals surface area contributed by atoms with Crippen LogP contribution in [0.15, 0.2) is 72.8 Å². The predicted octanol–water partition coefficient (Wildman–Crippen LogP) is 5.43. The van der Waals surface area contributed by atoms with Crippen LogP contribution in [0, 0.1) is 5.92 Å². The zero-order valence-corrected chi connectivity index (χ0v) is 26.6. The summed E-state index contributed by atoms with van der Waals surface area (Å²) in [5, 5.41) is 13.8. The van der Waals surface area contributed by atoms with E-state index in [4.69, 9.17) is 23.7 Å². The minimum Gasteiger partial charge on any atom is -0.485 e. The maximum atomic E-state index is 13.4. The number of hydrogen-bond acceptors (Lipinski definition) is 9. The van der Waals surface area contributed by atoms with Crippen LogP contribution in [0.2, 0.25) is 0 Å². The average molecular weight is 620 g/mol. The maximum absolute atomic E-state index is 13.4. The Hall–Kier alpha value is -3.92. The molecule has 4 rings (SSSR count). The van der Waals surface area contributed by atoms with Gasteiger partial charge in [0.2, 0.25) is 0 Å². The Balaban J connectivity index is 1.39. The second-order valence-corrected chi connectivity index (χ2v) is 12.3. The summed E-state index contributed by atoms with van der Waals surface area (Å²) in [6, 6.07) is 23.1. The number of carbonyl (C=O) groups is 2. The molecule has 0 spiro atoms. The SMILES string of the molecule is CC(C)c1cc(OCc2ccccc2)c(OCc2ccccc2)cc1C(=O)OC[C@@H](O)CNC(C)(C)COC(=O)C1CCOC1. The lowest BCUT2D eigenvalue weighted by Gasteiger charge is -2.27. The van der Waals surface area contributed by atoms with E-state index in [1.165, 1.54) is 0 Å². The van der Waals surface area contributed by atoms with Gasteiger partial charge in [-0.05, 0) is 55.0 Å². The summed E-state index contributed by atoms with van der Waals surface area (Å²) in [6.07, 6.45) is -0.309. The third kappa shape index (κ3) is 10.6. The standard InChI is InChI=1S/C36H45NO8/c1-25(2)30-17-32(42-20-26-11-7-5-8-12-26)33(43-21-27-13-9-6-10-14-27)18-31(30)35(40)44-23-29(38)19-37-36(3,4)24-45-34(39)28-15-16-41-22-28/h5-14,17-18,25,28-29,37-38H,15-16,19-24H2,1-4H3/t28?,29-/m0/s1. The minimum absolute atomic E-state index is 0.0132. The van der Waals surface area contributed by atoms with Gasteiger partial charge in [0.05, 0.1) is 18.1 Å². The Kier molecular flexibility index (Phi) is 12.4. The first-order chi connectivity index (χ1) is 21.6. The third-order valence-corrected chi connectivity index (χ3v) is 7.49. The third-order valence-electron chi connectivity index (χ3n) is 7.49. The van der Waals surface area contributed by atoms with Crippen LogP contribution >= 0.6 is 0 Å². The number of rotatable bonds is 16. The second-order valence-electron chi connectivity index (χ2n) is 12.3. The second kappa shape index (κ2) is 16.4. The van der Waals surface area contributed by atoms with Crippen molar-refractivity contribution in [1.82, 2.24) is 5.32 Å². The van der Waals surface area contributed by atoms with E-state index in [0.29, 0.717) is 49.9 Å². The molecule has 1 fully saturated rings. The quantitative estimate of drug-likeness (QED) is 0.203. The molecular weight excluding hydrogens is 574 g/mol. The fourth-order valence-corrected chi connectivity index (χ4v) is 4.77. The van der Waals surface area contributed by atoms with Crippen molar-refractivity contribution in [3.8, 4) is 11.5 Å². The molecule has 0 radical (unpaired) electrons. The summed E-state index contributed by atoms with van der Waals surface area (Å²) in [4.78, 5) is 25.6. The normalized spacial score (nSPS) is 15.5. The number of esters is 2. The molecule has 1 aliphatic heterocycles. The van der Waals surface area contributed by atoms with E-state index in [9.17, 15) is 14.7 Å². The zero-order valence-electron chi connectivity index (χ0n) is 26.6. The molecule has 9 nitrogen and oxygen atoms in total. The van der Waals surface area contributed by atoms with E-state index < -0.39 is 17.6 Å². The molecule has 242 valence electrons. The van der Waals surface area contributed by atoms with Crippen LogP contribution in [0.5, 0.6) is 11.5 Å². The average Bonchev–Trinajstić information content (AvgIpc) is 3.59. The van der Waals surface area contributed by atoms with Crippen LogP contribution in [-0.2, 0) is 32.2 Å². The highest BCUT2D eigenvalue weighted by Gasteiger charge is 2.28. The van der Waals surface area contributed by atoms with Crippen molar-refractivity contribution >= 4 is 11.9 Å². The monoisotopic (exact) mass is 619 g/mol. The van der Waals surface area contributed by atoms with E-state index in [0.717, 1.165) is 16.7 Å². The van der Waals surface area contributed by atoms with Crippen LogP contribution in [0.4, 0.5) is 0 Å². The molecule has 0 aromatic heterocycles. The van der Waals surface area contributed by atoms with Crippen molar-refractivity contribution in [2.45, 2.75) is 64.9 Å². The van der Waals surface area contributed by atoms with Gasteiger partial charge >= 0.3 is 11.9 Å². The van der Waals surface area contributed by atoms with Gasteiger partial charge in [-0.15, -0.1) is 0 Å². The predicted molar refractivity (Wildman–Crippen MR) is 170 cm³/mol. The number of hydrogen-bond donors (Lipinski definition) is 2. The molecule has 2 atom stereocenters. The molecule has 45 heavy (non-hydrogen) atoms. The van der Waals surface area contributed by atoms with E-state index in [-0.39, 0.29) is 37.6 Å². The summed E-state index contributed by atoms with van der Waals surface area (Å²) in [5.74, 6) is -0.127. The lowest BCUT2D eigenvalue weighted by Crippen LogP contribution is -2.48. The summed E-state index contributed by atoms with van der Waals surface area (Å²) in [5.41, 5.74) is 2.49. The van der Waals surface area contributed by atoms with Crippen molar-refractivity contribution in [3.63, 3.8) is 0 Å². The first kappa shape index (κ1) is 34.0. The molecule has 9 heteroatoms. The summed E-state index contributed by atoms with van der Waals surface area (Å²) in [7, 11) is 0. The van der Waals surface area contributed by atoms with Gasteiger partial charge in [-0.3, -0.25) is 4.79 Å². The number of nitrogens with one attached hydrogen (secondary N) is 1. The molecular formula is C36H45NO8. The largest absolute Gasteiger partial charge is 0.485 e. The van der Waals surface area contributed by atoms with Gasteiger partial charge in [-0.2, -0.15) is 0 Å². The van der Waals surface area contributed by atoms with Crippen molar-refractivity contribution < 1.29 is 38.4 Å². The van der Waals surface area contributed by atoms with Crippen molar-refractivity contribution in [2.24, 2.45) is 5.92 Å². The molecule has 1 aliphatic rings. The molecule has 0 aliphatic carbocycles. The van der Waals surface area contributed by atoms with E-state index in [1.54, 1.807) is 6.07 Å². The Morgan fingerprint density at radius 3 is 2.09 bits per heavy atom. The lowest BCUT2D eigenvalue weighted by atomic mass is 9.96.